The van der Waals surface area contributed by atoms with Gasteiger partial charge in [-0.25, -0.2) is 4.79 Å². The number of benzene rings is 1. The minimum Gasteiger partial charge on any atom is -0.481 e. The van der Waals surface area contributed by atoms with Gasteiger partial charge in [-0.1, -0.05) is 12.1 Å². The Morgan fingerprint density at radius 3 is 2.11 bits per heavy atom. The quantitative estimate of drug-likeness (QED) is 0.712. The van der Waals surface area contributed by atoms with Crippen molar-refractivity contribution in [2.75, 3.05) is 31.1 Å². The first kappa shape index (κ1) is 21.0. The van der Waals surface area contributed by atoms with Crippen molar-refractivity contribution in [2.24, 2.45) is 0 Å². The van der Waals surface area contributed by atoms with Crippen LogP contribution in [-0.4, -0.2) is 70.2 Å². The zero-order valence-electron chi connectivity index (χ0n) is 16.0. The molecule has 1 fully saturated rings. The number of carboxylic acids is 1. The Morgan fingerprint density at radius 1 is 1.07 bits per heavy atom. The summed E-state index contributed by atoms with van der Waals surface area (Å²) in [7, 11) is 0. The average Bonchev–Trinajstić information content (AvgIpc) is 2.59. The number of ether oxygens (including phenoxy) is 1. The lowest BCUT2D eigenvalue weighted by atomic mass is 10.0. The van der Waals surface area contributed by atoms with Gasteiger partial charge in [-0.2, -0.15) is 0 Å². The van der Waals surface area contributed by atoms with Crippen molar-refractivity contribution in [2.45, 2.75) is 45.0 Å². The molecule has 0 radical (unpaired) electrons. The van der Waals surface area contributed by atoms with Gasteiger partial charge in [0.15, 0.2) is 0 Å². The highest BCUT2D eigenvalue weighted by molar-refractivity contribution is 5.69. The third-order valence-electron chi connectivity index (χ3n) is 4.28. The molecule has 3 N–H and O–H groups in total. The van der Waals surface area contributed by atoms with Crippen LogP contribution in [0.25, 0.3) is 0 Å². The van der Waals surface area contributed by atoms with Crippen LogP contribution in [-0.2, 0) is 9.53 Å². The van der Waals surface area contributed by atoms with Crippen LogP contribution < -0.4 is 4.90 Å². The van der Waals surface area contributed by atoms with Crippen molar-refractivity contribution in [3.8, 4) is 0 Å². The van der Waals surface area contributed by atoms with Gasteiger partial charge in [0.2, 0.25) is 0 Å². The van der Waals surface area contributed by atoms with E-state index in [4.69, 9.17) is 9.84 Å². The Morgan fingerprint density at radius 2 is 1.63 bits per heavy atom. The normalized spacial score (nSPS) is 17.4. The summed E-state index contributed by atoms with van der Waals surface area (Å²) < 4.78 is 5.39. The number of nitrogens with zero attached hydrogens (tertiary/aromatic N) is 2. The Labute approximate surface area is 159 Å². The molecule has 2 unspecified atom stereocenters. The number of hydrogen-bond acceptors (Lipinski definition) is 6. The third kappa shape index (κ3) is 6.11. The molecule has 0 aromatic heterocycles. The van der Waals surface area contributed by atoms with E-state index in [9.17, 15) is 19.8 Å². The molecule has 0 spiro atoms. The number of anilines is 1. The fraction of sp³-hybridized carbons (Fsp3) is 0.579. The molecule has 27 heavy (non-hydrogen) atoms. The van der Waals surface area contributed by atoms with Crippen LogP contribution in [0.4, 0.5) is 10.5 Å². The van der Waals surface area contributed by atoms with E-state index in [0.717, 1.165) is 5.69 Å². The molecule has 1 aromatic rings. The number of piperazine rings is 1. The summed E-state index contributed by atoms with van der Waals surface area (Å²) in [6, 6.07) is 6.97. The molecule has 2 atom stereocenters. The molecule has 1 aliphatic heterocycles. The van der Waals surface area contributed by atoms with Crippen molar-refractivity contribution >= 4 is 17.7 Å². The maximum absolute atomic E-state index is 12.1. The molecule has 0 saturated carbocycles. The standard InChI is InChI=1S/C19H28N2O6/c1-19(2,3)27-18(26)21-10-8-20(9-11-21)14-6-4-13(5-7-14)17(25)15(22)12-16(23)24/h4-7,15,17,22,25H,8-12H2,1-3H3,(H,23,24). The second-order valence-corrected chi connectivity index (χ2v) is 7.66. The fourth-order valence-electron chi connectivity index (χ4n) is 2.87. The summed E-state index contributed by atoms with van der Waals surface area (Å²) in [5.41, 5.74) is 0.873. The molecule has 1 saturated heterocycles. The second kappa shape index (κ2) is 8.58. The SMILES string of the molecule is CC(C)(C)OC(=O)N1CCN(c2ccc(C(O)C(O)CC(=O)O)cc2)CC1. The molecule has 0 bridgehead atoms. The maximum Gasteiger partial charge on any atom is 0.410 e. The number of aliphatic hydroxyl groups excluding tert-OH is 2. The van der Waals surface area contributed by atoms with Crippen molar-refractivity contribution in [3.63, 3.8) is 0 Å². The van der Waals surface area contributed by atoms with E-state index in [1.54, 1.807) is 17.0 Å². The molecule has 150 valence electrons. The zero-order chi connectivity index (χ0) is 20.2. The number of carbonyl (C=O) groups is 2. The second-order valence-electron chi connectivity index (χ2n) is 7.66. The van der Waals surface area contributed by atoms with Gasteiger partial charge < -0.3 is 29.9 Å². The molecule has 1 aromatic carbocycles. The maximum atomic E-state index is 12.1. The first-order valence-electron chi connectivity index (χ1n) is 8.97. The molecule has 8 nitrogen and oxygen atoms in total. The summed E-state index contributed by atoms with van der Waals surface area (Å²) in [5, 5.41) is 28.5. The average molecular weight is 380 g/mol. The predicted molar refractivity (Wildman–Crippen MR) is 99.7 cm³/mol. The van der Waals surface area contributed by atoms with Gasteiger partial charge in [-0.05, 0) is 38.5 Å². The lowest BCUT2D eigenvalue weighted by Gasteiger charge is -2.36. The van der Waals surface area contributed by atoms with E-state index in [0.29, 0.717) is 31.7 Å². The van der Waals surface area contributed by atoms with Crippen LogP contribution in [0, 0.1) is 0 Å². The molecule has 8 heteroatoms. The summed E-state index contributed by atoms with van der Waals surface area (Å²) >= 11 is 0. The summed E-state index contributed by atoms with van der Waals surface area (Å²) in [5.74, 6) is -1.17. The van der Waals surface area contributed by atoms with Crippen LogP contribution >= 0.6 is 0 Å². The first-order valence-corrected chi connectivity index (χ1v) is 8.97. The number of aliphatic hydroxyl groups is 2. The van der Waals surface area contributed by atoms with Gasteiger partial charge in [0.05, 0.1) is 12.5 Å². The van der Waals surface area contributed by atoms with E-state index in [1.807, 2.05) is 32.9 Å². The van der Waals surface area contributed by atoms with E-state index in [-0.39, 0.29) is 6.09 Å². The van der Waals surface area contributed by atoms with Crippen LogP contribution in [0.15, 0.2) is 24.3 Å². The first-order chi connectivity index (χ1) is 12.6. The topological polar surface area (TPSA) is 111 Å². The number of aliphatic carboxylic acids is 1. The summed E-state index contributed by atoms with van der Waals surface area (Å²) in [6.07, 6.45) is -3.44. The molecule has 1 amide bonds. The van der Waals surface area contributed by atoms with Crippen LogP contribution in [0.5, 0.6) is 0 Å². The fourth-order valence-corrected chi connectivity index (χ4v) is 2.87. The molecule has 1 heterocycles. The predicted octanol–water partition coefficient (Wildman–Crippen LogP) is 1.61. The third-order valence-corrected chi connectivity index (χ3v) is 4.28. The van der Waals surface area contributed by atoms with E-state index < -0.39 is 30.2 Å². The van der Waals surface area contributed by atoms with Gasteiger partial charge in [0, 0.05) is 31.9 Å². The van der Waals surface area contributed by atoms with Crippen molar-refractivity contribution in [1.29, 1.82) is 0 Å². The van der Waals surface area contributed by atoms with Gasteiger partial charge >= 0.3 is 12.1 Å². The Kier molecular flexibility index (Phi) is 6.67. The minimum atomic E-state index is -1.36. The molecule has 2 rings (SSSR count). The molecular formula is C19H28N2O6. The number of rotatable bonds is 5. The number of hydrogen-bond donors (Lipinski definition) is 3. The number of carboxylic acid groups (broad SMARTS) is 1. The zero-order valence-corrected chi connectivity index (χ0v) is 16.0. The largest absolute Gasteiger partial charge is 0.481 e. The smallest absolute Gasteiger partial charge is 0.410 e. The van der Waals surface area contributed by atoms with Crippen LogP contribution in [0.2, 0.25) is 0 Å². The van der Waals surface area contributed by atoms with E-state index in [2.05, 4.69) is 4.90 Å². The summed E-state index contributed by atoms with van der Waals surface area (Å²) in [4.78, 5) is 26.5. The highest BCUT2D eigenvalue weighted by atomic mass is 16.6. The number of amides is 1. The molecule has 1 aliphatic rings. The van der Waals surface area contributed by atoms with Crippen molar-refractivity contribution in [3.05, 3.63) is 29.8 Å². The van der Waals surface area contributed by atoms with Crippen molar-refractivity contribution in [1.82, 2.24) is 4.90 Å². The minimum absolute atomic E-state index is 0.312. The van der Waals surface area contributed by atoms with Crippen LogP contribution in [0.1, 0.15) is 38.9 Å². The Hall–Kier alpha value is -2.32. The lowest BCUT2D eigenvalue weighted by Crippen LogP contribution is -2.50. The Balaban J connectivity index is 1.91. The molecular weight excluding hydrogens is 352 g/mol. The highest BCUT2D eigenvalue weighted by Crippen LogP contribution is 2.24. The van der Waals surface area contributed by atoms with Crippen molar-refractivity contribution < 1.29 is 29.6 Å². The van der Waals surface area contributed by atoms with Crippen LogP contribution in [0.3, 0.4) is 0 Å². The van der Waals surface area contributed by atoms with Gasteiger partial charge in [-0.15, -0.1) is 0 Å². The van der Waals surface area contributed by atoms with Gasteiger partial charge in [0.1, 0.15) is 11.7 Å². The highest BCUT2D eigenvalue weighted by Gasteiger charge is 2.26. The molecule has 0 aliphatic carbocycles. The summed E-state index contributed by atoms with van der Waals surface area (Å²) in [6.45, 7) is 7.93. The van der Waals surface area contributed by atoms with Gasteiger partial charge in [0.25, 0.3) is 0 Å². The van der Waals surface area contributed by atoms with E-state index in [1.165, 1.54) is 0 Å². The van der Waals surface area contributed by atoms with E-state index >= 15 is 0 Å². The van der Waals surface area contributed by atoms with Gasteiger partial charge in [-0.3, -0.25) is 4.79 Å². The Bertz CT molecular complexity index is 647. The number of carbonyl (C=O) groups excluding carboxylic acids is 1. The monoisotopic (exact) mass is 380 g/mol. The lowest BCUT2D eigenvalue weighted by molar-refractivity contribution is -0.141.